The van der Waals surface area contributed by atoms with Gasteiger partial charge in [0.25, 0.3) is 0 Å². The molecule has 0 N–H and O–H groups in total. The minimum atomic E-state index is -4.82. The van der Waals surface area contributed by atoms with Gasteiger partial charge in [-0.25, -0.2) is 0 Å². The van der Waals surface area contributed by atoms with E-state index in [4.69, 9.17) is 0 Å². The lowest BCUT2D eigenvalue weighted by molar-refractivity contribution is -0.275. The van der Waals surface area contributed by atoms with Crippen molar-refractivity contribution in [2.75, 3.05) is 0 Å². The molecule has 0 aliphatic rings. The maximum atomic E-state index is 12.2. The lowest BCUT2D eigenvalue weighted by atomic mass is 10.0. The number of rotatable bonds is 3. The Morgan fingerprint density at radius 1 is 0.696 bits per heavy atom. The molecule has 2 nitrogen and oxygen atoms in total. The maximum absolute atomic E-state index is 12.2. The van der Waals surface area contributed by atoms with Gasteiger partial charge >= 0.3 is 12.7 Å². The average molecular weight is 336 g/mol. The highest BCUT2D eigenvalue weighted by Crippen LogP contribution is 2.32. The van der Waals surface area contributed by atoms with Crippen LogP contribution in [-0.2, 0) is 0 Å². The van der Waals surface area contributed by atoms with Crippen molar-refractivity contribution in [2.24, 2.45) is 0 Å². The average Bonchev–Trinajstić information content (AvgIpc) is 2.39. The van der Waals surface area contributed by atoms with Crippen LogP contribution < -0.4 is 9.47 Å². The Labute approximate surface area is 127 Å². The van der Waals surface area contributed by atoms with Crippen LogP contribution in [-0.4, -0.2) is 12.7 Å². The molecular formula is C15H10F6O2. The molecular weight excluding hydrogens is 326 g/mol. The third kappa shape index (κ3) is 5.08. The molecule has 0 atom stereocenters. The molecule has 0 amide bonds. The van der Waals surface area contributed by atoms with Crippen molar-refractivity contribution in [3.05, 3.63) is 48.0 Å². The van der Waals surface area contributed by atoms with E-state index in [0.29, 0.717) is 16.7 Å². The van der Waals surface area contributed by atoms with E-state index in [2.05, 4.69) is 9.47 Å². The molecule has 0 fully saturated rings. The topological polar surface area (TPSA) is 18.5 Å². The quantitative estimate of drug-likeness (QED) is 0.693. The second-order valence-corrected chi connectivity index (χ2v) is 4.60. The van der Waals surface area contributed by atoms with Gasteiger partial charge in [-0.05, 0) is 47.9 Å². The summed E-state index contributed by atoms with van der Waals surface area (Å²) in [7, 11) is 0. The normalized spacial score (nSPS) is 12.1. The number of halogens is 6. The van der Waals surface area contributed by atoms with Crippen molar-refractivity contribution in [1.82, 2.24) is 0 Å². The van der Waals surface area contributed by atoms with Crippen LogP contribution in [0.3, 0.4) is 0 Å². The van der Waals surface area contributed by atoms with Crippen molar-refractivity contribution >= 4 is 0 Å². The third-order valence-corrected chi connectivity index (χ3v) is 2.84. The fourth-order valence-corrected chi connectivity index (χ4v) is 1.95. The zero-order chi connectivity index (χ0) is 17.3. The van der Waals surface area contributed by atoms with E-state index in [1.54, 1.807) is 6.92 Å². The molecule has 0 bridgehead atoms. The molecule has 23 heavy (non-hydrogen) atoms. The summed E-state index contributed by atoms with van der Waals surface area (Å²) in [4.78, 5) is 0. The highest BCUT2D eigenvalue weighted by molar-refractivity contribution is 5.69. The number of hydrogen-bond acceptors (Lipinski definition) is 2. The number of hydrogen-bond donors (Lipinski definition) is 0. The molecule has 0 heterocycles. The zero-order valence-corrected chi connectivity index (χ0v) is 11.6. The molecule has 0 unspecified atom stereocenters. The second kappa shape index (κ2) is 6.02. The summed E-state index contributed by atoms with van der Waals surface area (Å²) in [5, 5.41) is 0. The van der Waals surface area contributed by atoms with E-state index in [-0.39, 0.29) is 0 Å². The van der Waals surface area contributed by atoms with Crippen LogP contribution in [0, 0.1) is 6.92 Å². The molecule has 8 heteroatoms. The van der Waals surface area contributed by atoms with E-state index in [9.17, 15) is 26.3 Å². The minimum Gasteiger partial charge on any atom is -0.406 e. The minimum absolute atomic E-state index is 0.408. The van der Waals surface area contributed by atoms with Gasteiger partial charge in [-0.3, -0.25) is 0 Å². The molecule has 0 saturated heterocycles. The smallest absolute Gasteiger partial charge is 0.406 e. The van der Waals surface area contributed by atoms with Gasteiger partial charge in [-0.2, -0.15) is 0 Å². The first kappa shape index (κ1) is 17.0. The maximum Gasteiger partial charge on any atom is 0.573 e. The number of benzene rings is 2. The summed E-state index contributed by atoms with van der Waals surface area (Å²) >= 11 is 0. The lowest BCUT2D eigenvalue weighted by Gasteiger charge is -2.13. The van der Waals surface area contributed by atoms with Gasteiger partial charge in [0.15, 0.2) is 0 Å². The van der Waals surface area contributed by atoms with Gasteiger partial charge in [0.05, 0.1) is 0 Å². The largest absolute Gasteiger partial charge is 0.573 e. The summed E-state index contributed by atoms with van der Waals surface area (Å²) < 4.78 is 80.6. The highest BCUT2D eigenvalue weighted by Gasteiger charge is 2.32. The molecule has 0 radical (unpaired) electrons. The molecule has 0 aliphatic carbocycles. The van der Waals surface area contributed by atoms with Crippen molar-refractivity contribution in [3.63, 3.8) is 0 Å². The Bertz CT molecular complexity index is 674. The van der Waals surface area contributed by atoms with Crippen LogP contribution >= 0.6 is 0 Å². The van der Waals surface area contributed by atoms with Gasteiger partial charge in [0.2, 0.25) is 0 Å². The van der Waals surface area contributed by atoms with Crippen LogP contribution in [0.4, 0.5) is 26.3 Å². The van der Waals surface area contributed by atoms with Crippen LogP contribution in [0.25, 0.3) is 11.1 Å². The molecule has 0 saturated carbocycles. The van der Waals surface area contributed by atoms with Crippen molar-refractivity contribution in [2.45, 2.75) is 19.6 Å². The lowest BCUT2D eigenvalue weighted by Crippen LogP contribution is -2.17. The first-order valence-corrected chi connectivity index (χ1v) is 6.26. The van der Waals surface area contributed by atoms with Crippen LogP contribution in [0.15, 0.2) is 42.5 Å². The predicted octanol–water partition coefficient (Wildman–Crippen LogP) is 5.46. The third-order valence-electron chi connectivity index (χ3n) is 2.84. The van der Waals surface area contributed by atoms with E-state index in [0.717, 1.165) is 18.2 Å². The molecule has 2 aromatic carbocycles. The van der Waals surface area contributed by atoms with Crippen LogP contribution in [0.1, 0.15) is 5.56 Å². The SMILES string of the molecule is Cc1ccc(OC(F)(F)F)cc1-c1ccc(OC(F)(F)F)cc1. The van der Waals surface area contributed by atoms with Gasteiger partial charge in [0.1, 0.15) is 11.5 Å². The van der Waals surface area contributed by atoms with Gasteiger partial charge in [-0.1, -0.05) is 18.2 Å². The summed E-state index contributed by atoms with van der Waals surface area (Å²) in [5.41, 5.74) is 1.49. The molecule has 2 rings (SSSR count). The van der Waals surface area contributed by atoms with Crippen LogP contribution in [0.2, 0.25) is 0 Å². The van der Waals surface area contributed by atoms with E-state index in [1.165, 1.54) is 24.3 Å². The second-order valence-electron chi connectivity index (χ2n) is 4.60. The Hall–Kier alpha value is -2.38. The van der Waals surface area contributed by atoms with Crippen molar-refractivity contribution < 1.29 is 35.8 Å². The Morgan fingerprint density at radius 2 is 1.17 bits per heavy atom. The van der Waals surface area contributed by atoms with E-state index < -0.39 is 24.2 Å². The first-order valence-electron chi connectivity index (χ1n) is 6.26. The fourth-order valence-electron chi connectivity index (χ4n) is 1.95. The Balaban J connectivity index is 2.29. The zero-order valence-electron chi connectivity index (χ0n) is 11.6. The number of ether oxygens (including phenoxy) is 2. The number of alkyl halides is 6. The predicted molar refractivity (Wildman–Crippen MR) is 70.0 cm³/mol. The van der Waals surface area contributed by atoms with Gasteiger partial charge in [-0.15, -0.1) is 26.3 Å². The highest BCUT2D eigenvalue weighted by atomic mass is 19.4. The molecule has 0 aliphatic heterocycles. The summed E-state index contributed by atoms with van der Waals surface area (Å²) in [6, 6.07) is 8.56. The van der Waals surface area contributed by atoms with Crippen molar-refractivity contribution in [1.29, 1.82) is 0 Å². The molecule has 124 valence electrons. The summed E-state index contributed by atoms with van der Waals surface area (Å²) in [5.74, 6) is -0.824. The Morgan fingerprint density at radius 3 is 1.70 bits per heavy atom. The van der Waals surface area contributed by atoms with E-state index >= 15 is 0 Å². The Kier molecular flexibility index (Phi) is 4.44. The summed E-state index contributed by atoms with van der Waals surface area (Å²) in [6.45, 7) is 1.66. The first-order chi connectivity index (χ1) is 10.5. The molecule has 0 spiro atoms. The van der Waals surface area contributed by atoms with Gasteiger partial charge < -0.3 is 9.47 Å². The molecule has 0 aromatic heterocycles. The number of aryl methyl sites for hydroxylation is 1. The van der Waals surface area contributed by atoms with E-state index in [1.807, 2.05) is 0 Å². The van der Waals surface area contributed by atoms with Crippen molar-refractivity contribution in [3.8, 4) is 22.6 Å². The van der Waals surface area contributed by atoms with Gasteiger partial charge in [0, 0.05) is 0 Å². The monoisotopic (exact) mass is 336 g/mol. The molecule has 2 aromatic rings. The standard InChI is InChI=1S/C15H10F6O2/c1-9-2-5-12(23-15(19,20)21)8-13(9)10-3-6-11(7-4-10)22-14(16,17)18/h2-8H,1H3. The fraction of sp³-hybridized carbons (Fsp3) is 0.200. The summed E-state index contributed by atoms with van der Waals surface area (Å²) in [6.07, 6.45) is -9.63. The van der Waals surface area contributed by atoms with Crippen LogP contribution in [0.5, 0.6) is 11.5 Å².